The molecule has 88 valence electrons. The third-order valence-electron chi connectivity index (χ3n) is 2.21. The molecular formula is C12H17NO3. The van der Waals surface area contributed by atoms with Gasteiger partial charge in [0, 0.05) is 26.3 Å². The van der Waals surface area contributed by atoms with Crippen LogP contribution in [-0.4, -0.2) is 39.4 Å². The van der Waals surface area contributed by atoms with Crippen LogP contribution in [0.25, 0.3) is 0 Å². The lowest BCUT2D eigenvalue weighted by atomic mass is 10.2. The third kappa shape index (κ3) is 4.00. The highest BCUT2D eigenvalue weighted by atomic mass is 16.5. The number of hydrogen-bond acceptors (Lipinski definition) is 3. The molecule has 0 heterocycles. The second-order valence-corrected chi connectivity index (χ2v) is 3.39. The van der Waals surface area contributed by atoms with Crippen molar-refractivity contribution in [3.8, 4) is 0 Å². The summed E-state index contributed by atoms with van der Waals surface area (Å²) in [5.74, 6) is -0.0984. The van der Waals surface area contributed by atoms with E-state index in [0.29, 0.717) is 18.7 Å². The van der Waals surface area contributed by atoms with Crippen LogP contribution < -0.4 is 5.32 Å². The summed E-state index contributed by atoms with van der Waals surface area (Å²) in [4.78, 5) is 11.7. The van der Waals surface area contributed by atoms with Gasteiger partial charge in [0.15, 0.2) is 0 Å². The number of benzene rings is 1. The van der Waals surface area contributed by atoms with Gasteiger partial charge in [0.1, 0.15) is 0 Å². The molecule has 4 heteroatoms. The van der Waals surface area contributed by atoms with E-state index in [-0.39, 0.29) is 12.0 Å². The number of methoxy groups -OCH3 is 2. The number of nitrogens with one attached hydrogen (secondary N) is 1. The van der Waals surface area contributed by atoms with E-state index in [1.165, 1.54) is 0 Å². The normalized spacial score (nSPS) is 12.1. The summed E-state index contributed by atoms with van der Waals surface area (Å²) in [7, 11) is 3.20. The van der Waals surface area contributed by atoms with Crippen LogP contribution in [0.3, 0.4) is 0 Å². The molecule has 1 unspecified atom stereocenters. The Morgan fingerprint density at radius 1 is 1.31 bits per heavy atom. The lowest BCUT2D eigenvalue weighted by Gasteiger charge is -2.14. The van der Waals surface area contributed by atoms with Crippen LogP contribution in [0.4, 0.5) is 0 Å². The monoisotopic (exact) mass is 223 g/mol. The molecule has 1 aromatic rings. The lowest BCUT2D eigenvalue weighted by molar-refractivity contribution is 0.0285. The molecule has 1 atom stereocenters. The first-order valence-electron chi connectivity index (χ1n) is 5.13. The summed E-state index contributed by atoms with van der Waals surface area (Å²) in [5, 5.41) is 2.79. The number of carbonyl (C=O) groups is 1. The molecule has 1 rings (SSSR count). The molecule has 1 aromatic carbocycles. The number of carbonyl (C=O) groups excluding carboxylic acids is 1. The highest BCUT2D eigenvalue weighted by Gasteiger charge is 2.09. The van der Waals surface area contributed by atoms with E-state index in [0.717, 1.165) is 0 Å². The molecule has 4 nitrogen and oxygen atoms in total. The fraction of sp³-hybridized carbons (Fsp3) is 0.417. The summed E-state index contributed by atoms with van der Waals surface area (Å²) >= 11 is 0. The third-order valence-corrected chi connectivity index (χ3v) is 2.21. The minimum Gasteiger partial charge on any atom is -0.382 e. The summed E-state index contributed by atoms with van der Waals surface area (Å²) in [6.45, 7) is 0.906. The van der Waals surface area contributed by atoms with Crippen LogP contribution in [0, 0.1) is 0 Å². The Hall–Kier alpha value is -1.39. The Bertz CT molecular complexity index is 313. The van der Waals surface area contributed by atoms with Gasteiger partial charge in [0.2, 0.25) is 0 Å². The van der Waals surface area contributed by atoms with Crippen molar-refractivity contribution in [3.63, 3.8) is 0 Å². The fourth-order valence-electron chi connectivity index (χ4n) is 1.29. The molecule has 0 aromatic heterocycles. The molecule has 0 aliphatic heterocycles. The summed E-state index contributed by atoms with van der Waals surface area (Å²) in [5.41, 5.74) is 0.648. The minimum atomic E-state index is -0.113. The average Bonchev–Trinajstić information content (AvgIpc) is 2.35. The first kappa shape index (κ1) is 12.7. The largest absolute Gasteiger partial charge is 0.382 e. The van der Waals surface area contributed by atoms with Gasteiger partial charge >= 0.3 is 0 Å². The Labute approximate surface area is 95.6 Å². The van der Waals surface area contributed by atoms with Crippen molar-refractivity contribution in [1.82, 2.24) is 5.32 Å². The number of rotatable bonds is 6. The Balaban J connectivity index is 2.40. The first-order chi connectivity index (χ1) is 7.77. The van der Waals surface area contributed by atoms with Gasteiger partial charge in [-0.3, -0.25) is 4.79 Å². The molecule has 1 amide bonds. The van der Waals surface area contributed by atoms with Crippen molar-refractivity contribution >= 4 is 5.91 Å². The molecule has 1 N–H and O–H groups in total. The van der Waals surface area contributed by atoms with Crippen molar-refractivity contribution < 1.29 is 14.3 Å². The van der Waals surface area contributed by atoms with E-state index in [9.17, 15) is 4.79 Å². The Kier molecular flexibility index (Phi) is 5.53. The second kappa shape index (κ2) is 6.98. The van der Waals surface area contributed by atoms with Crippen molar-refractivity contribution in [3.05, 3.63) is 35.9 Å². The zero-order valence-electron chi connectivity index (χ0n) is 9.60. The van der Waals surface area contributed by atoms with Gasteiger partial charge in [-0.25, -0.2) is 0 Å². The quantitative estimate of drug-likeness (QED) is 0.785. The van der Waals surface area contributed by atoms with Gasteiger partial charge in [0.05, 0.1) is 12.7 Å². The molecule has 0 radical (unpaired) electrons. The topological polar surface area (TPSA) is 47.6 Å². The molecule has 16 heavy (non-hydrogen) atoms. The van der Waals surface area contributed by atoms with Crippen molar-refractivity contribution in [2.45, 2.75) is 6.10 Å². The standard InChI is InChI=1S/C12H17NO3/c1-15-9-11(16-2)8-13-12(14)10-6-4-3-5-7-10/h3-7,11H,8-9H2,1-2H3,(H,13,14). The summed E-state index contributed by atoms with van der Waals surface area (Å²) in [6.07, 6.45) is -0.113. The minimum absolute atomic E-state index is 0.0984. The summed E-state index contributed by atoms with van der Waals surface area (Å²) < 4.78 is 10.1. The van der Waals surface area contributed by atoms with Crippen molar-refractivity contribution in [1.29, 1.82) is 0 Å². The van der Waals surface area contributed by atoms with Crippen molar-refractivity contribution in [2.24, 2.45) is 0 Å². The Morgan fingerprint density at radius 3 is 2.56 bits per heavy atom. The lowest BCUT2D eigenvalue weighted by Crippen LogP contribution is -2.35. The molecule has 0 saturated heterocycles. The predicted octanol–water partition coefficient (Wildman–Crippen LogP) is 1.08. The molecule has 0 fully saturated rings. The van der Waals surface area contributed by atoms with Gasteiger partial charge in [-0.2, -0.15) is 0 Å². The van der Waals surface area contributed by atoms with Crippen LogP contribution in [0.15, 0.2) is 30.3 Å². The highest BCUT2D eigenvalue weighted by molar-refractivity contribution is 5.94. The van der Waals surface area contributed by atoms with E-state index in [4.69, 9.17) is 9.47 Å². The van der Waals surface area contributed by atoms with E-state index in [2.05, 4.69) is 5.32 Å². The fourth-order valence-corrected chi connectivity index (χ4v) is 1.29. The molecule has 0 saturated carbocycles. The van der Waals surface area contributed by atoms with Crippen LogP contribution >= 0.6 is 0 Å². The van der Waals surface area contributed by atoms with E-state index < -0.39 is 0 Å². The van der Waals surface area contributed by atoms with Gasteiger partial charge < -0.3 is 14.8 Å². The van der Waals surface area contributed by atoms with Crippen molar-refractivity contribution in [2.75, 3.05) is 27.4 Å². The Morgan fingerprint density at radius 2 is 2.00 bits per heavy atom. The van der Waals surface area contributed by atoms with Crippen LogP contribution in [0.1, 0.15) is 10.4 Å². The van der Waals surface area contributed by atoms with Crippen LogP contribution in [0.2, 0.25) is 0 Å². The van der Waals surface area contributed by atoms with Crippen LogP contribution in [-0.2, 0) is 9.47 Å². The van der Waals surface area contributed by atoms with Gasteiger partial charge in [-0.1, -0.05) is 18.2 Å². The zero-order valence-corrected chi connectivity index (χ0v) is 9.60. The van der Waals surface area contributed by atoms with Crippen LogP contribution in [0.5, 0.6) is 0 Å². The first-order valence-corrected chi connectivity index (χ1v) is 5.13. The zero-order chi connectivity index (χ0) is 11.8. The maximum Gasteiger partial charge on any atom is 0.251 e. The molecule has 0 spiro atoms. The maximum atomic E-state index is 11.7. The van der Waals surface area contributed by atoms with Gasteiger partial charge in [0.25, 0.3) is 5.91 Å². The SMILES string of the molecule is COCC(CNC(=O)c1ccccc1)OC. The van der Waals surface area contributed by atoms with Gasteiger partial charge in [-0.15, -0.1) is 0 Å². The number of hydrogen-bond donors (Lipinski definition) is 1. The predicted molar refractivity (Wildman–Crippen MR) is 61.4 cm³/mol. The molecule has 0 aliphatic carbocycles. The number of ether oxygens (including phenoxy) is 2. The number of amides is 1. The molecule has 0 aliphatic rings. The van der Waals surface area contributed by atoms with E-state index in [1.807, 2.05) is 18.2 Å². The maximum absolute atomic E-state index is 11.7. The molecular weight excluding hydrogens is 206 g/mol. The van der Waals surface area contributed by atoms with E-state index in [1.54, 1.807) is 26.4 Å². The van der Waals surface area contributed by atoms with E-state index >= 15 is 0 Å². The summed E-state index contributed by atoms with van der Waals surface area (Å²) in [6, 6.07) is 9.08. The second-order valence-electron chi connectivity index (χ2n) is 3.39. The average molecular weight is 223 g/mol. The smallest absolute Gasteiger partial charge is 0.251 e. The molecule has 0 bridgehead atoms. The highest BCUT2D eigenvalue weighted by Crippen LogP contribution is 1.98. The van der Waals surface area contributed by atoms with Gasteiger partial charge in [-0.05, 0) is 12.1 Å².